The molecule has 24 heavy (non-hydrogen) atoms. The minimum Gasteiger partial charge on any atom is -0.384 e. The number of tetrazole rings is 1. The zero-order chi connectivity index (χ0) is 16.8. The standard InChI is InChI=1S/C16H22N6O2/c1-24-11-16(6-8-17-9-7-16)10-18-15(23)13-4-2-3-5-14(13)22-12-19-20-21-22/h2-5,12,17H,6-11H2,1H3,(H,18,23). The number of hydrogen-bond acceptors (Lipinski definition) is 6. The van der Waals surface area contributed by atoms with Crippen molar-refractivity contribution in [2.75, 3.05) is 33.4 Å². The molecule has 1 amide bonds. The lowest BCUT2D eigenvalue weighted by Crippen LogP contribution is -2.47. The van der Waals surface area contributed by atoms with Crippen molar-refractivity contribution in [3.05, 3.63) is 36.2 Å². The van der Waals surface area contributed by atoms with Gasteiger partial charge in [-0.15, -0.1) is 5.10 Å². The number of benzene rings is 1. The van der Waals surface area contributed by atoms with E-state index >= 15 is 0 Å². The zero-order valence-electron chi connectivity index (χ0n) is 13.7. The minimum atomic E-state index is -0.130. The number of carbonyl (C=O) groups is 1. The Morgan fingerprint density at radius 1 is 1.38 bits per heavy atom. The number of nitrogens with one attached hydrogen (secondary N) is 2. The van der Waals surface area contributed by atoms with Gasteiger partial charge in [0, 0.05) is 19.1 Å². The van der Waals surface area contributed by atoms with Crippen molar-refractivity contribution in [1.82, 2.24) is 30.8 Å². The molecule has 1 aliphatic heterocycles. The highest BCUT2D eigenvalue weighted by atomic mass is 16.5. The Labute approximate surface area is 140 Å². The molecule has 2 N–H and O–H groups in total. The van der Waals surface area contributed by atoms with E-state index in [1.54, 1.807) is 13.2 Å². The molecular weight excluding hydrogens is 308 g/mol. The van der Waals surface area contributed by atoms with Gasteiger partial charge in [0.1, 0.15) is 6.33 Å². The number of carbonyl (C=O) groups excluding carboxylic acids is 1. The average Bonchev–Trinajstić information content (AvgIpc) is 3.15. The van der Waals surface area contributed by atoms with Crippen LogP contribution < -0.4 is 10.6 Å². The summed E-state index contributed by atoms with van der Waals surface area (Å²) in [5, 5.41) is 17.6. The molecule has 0 spiro atoms. The maximum absolute atomic E-state index is 12.7. The van der Waals surface area contributed by atoms with E-state index in [0.717, 1.165) is 25.9 Å². The van der Waals surface area contributed by atoms with Crippen LogP contribution in [0.15, 0.2) is 30.6 Å². The number of aromatic nitrogens is 4. The maximum atomic E-state index is 12.7. The second-order valence-corrected chi connectivity index (χ2v) is 6.14. The van der Waals surface area contributed by atoms with Crippen LogP contribution in [-0.4, -0.2) is 59.5 Å². The number of methoxy groups -OCH3 is 1. The van der Waals surface area contributed by atoms with Crippen LogP contribution in [0.3, 0.4) is 0 Å². The lowest BCUT2D eigenvalue weighted by Gasteiger charge is -2.37. The van der Waals surface area contributed by atoms with Crippen molar-refractivity contribution in [1.29, 1.82) is 0 Å². The van der Waals surface area contributed by atoms with Crippen molar-refractivity contribution >= 4 is 5.91 Å². The molecule has 0 atom stereocenters. The molecule has 1 fully saturated rings. The molecule has 0 saturated carbocycles. The summed E-state index contributed by atoms with van der Waals surface area (Å²) in [6, 6.07) is 7.28. The number of piperidine rings is 1. The molecule has 0 bridgehead atoms. The van der Waals surface area contributed by atoms with Crippen LogP contribution in [0.25, 0.3) is 5.69 Å². The molecule has 128 valence electrons. The summed E-state index contributed by atoms with van der Waals surface area (Å²) < 4.78 is 6.89. The number of hydrogen-bond donors (Lipinski definition) is 2. The molecule has 2 aromatic rings. The molecular formula is C16H22N6O2. The van der Waals surface area contributed by atoms with Crippen molar-refractivity contribution in [3.63, 3.8) is 0 Å². The Morgan fingerprint density at radius 2 is 2.17 bits per heavy atom. The van der Waals surface area contributed by atoms with Crippen LogP contribution in [0.4, 0.5) is 0 Å². The van der Waals surface area contributed by atoms with Crippen molar-refractivity contribution < 1.29 is 9.53 Å². The van der Waals surface area contributed by atoms with E-state index in [2.05, 4.69) is 26.2 Å². The van der Waals surface area contributed by atoms with E-state index in [9.17, 15) is 4.79 Å². The molecule has 1 saturated heterocycles. The van der Waals surface area contributed by atoms with Gasteiger partial charge in [-0.25, -0.2) is 0 Å². The Bertz CT molecular complexity index is 661. The smallest absolute Gasteiger partial charge is 0.253 e. The quantitative estimate of drug-likeness (QED) is 0.797. The lowest BCUT2D eigenvalue weighted by molar-refractivity contribution is 0.0511. The Kier molecular flexibility index (Phi) is 5.17. The predicted octanol–water partition coefficient (Wildman–Crippen LogP) is 0.408. The molecule has 0 radical (unpaired) electrons. The first-order valence-corrected chi connectivity index (χ1v) is 8.04. The second-order valence-electron chi connectivity index (χ2n) is 6.14. The van der Waals surface area contributed by atoms with Gasteiger partial charge in [0.15, 0.2) is 0 Å². The fourth-order valence-electron chi connectivity index (χ4n) is 3.14. The van der Waals surface area contributed by atoms with Crippen molar-refractivity contribution in [3.8, 4) is 5.69 Å². The van der Waals surface area contributed by atoms with Crippen molar-refractivity contribution in [2.24, 2.45) is 5.41 Å². The summed E-state index contributed by atoms with van der Waals surface area (Å²) >= 11 is 0. The molecule has 2 heterocycles. The lowest BCUT2D eigenvalue weighted by atomic mass is 9.79. The average molecular weight is 330 g/mol. The van der Waals surface area contributed by atoms with Crippen LogP contribution in [0, 0.1) is 5.41 Å². The highest BCUT2D eigenvalue weighted by molar-refractivity contribution is 5.97. The second kappa shape index (κ2) is 7.50. The third-order valence-electron chi connectivity index (χ3n) is 4.48. The number of rotatable bonds is 6. The Hall–Kier alpha value is -2.32. The van der Waals surface area contributed by atoms with E-state index in [0.29, 0.717) is 24.4 Å². The molecule has 3 rings (SSSR count). The van der Waals surface area contributed by atoms with Gasteiger partial charge in [0.2, 0.25) is 0 Å². The molecule has 8 heteroatoms. The van der Waals surface area contributed by atoms with Gasteiger partial charge in [-0.3, -0.25) is 4.79 Å². The third-order valence-corrected chi connectivity index (χ3v) is 4.48. The van der Waals surface area contributed by atoms with E-state index < -0.39 is 0 Å². The molecule has 0 aliphatic carbocycles. The van der Waals surface area contributed by atoms with Crippen LogP contribution in [0.5, 0.6) is 0 Å². The number of amides is 1. The fourth-order valence-corrected chi connectivity index (χ4v) is 3.14. The largest absolute Gasteiger partial charge is 0.384 e. The van der Waals surface area contributed by atoms with Gasteiger partial charge < -0.3 is 15.4 Å². The molecule has 1 aromatic heterocycles. The van der Waals surface area contributed by atoms with Crippen LogP contribution >= 0.6 is 0 Å². The molecule has 1 aliphatic rings. The van der Waals surface area contributed by atoms with Crippen LogP contribution in [0.1, 0.15) is 23.2 Å². The molecule has 1 aromatic carbocycles. The monoisotopic (exact) mass is 330 g/mol. The van der Waals surface area contributed by atoms with Crippen LogP contribution in [0.2, 0.25) is 0 Å². The topological polar surface area (TPSA) is 94.0 Å². The first-order valence-electron chi connectivity index (χ1n) is 8.04. The highest BCUT2D eigenvalue weighted by Crippen LogP contribution is 2.28. The van der Waals surface area contributed by atoms with Gasteiger partial charge in [-0.2, -0.15) is 4.68 Å². The Balaban J connectivity index is 1.73. The summed E-state index contributed by atoms with van der Waals surface area (Å²) in [7, 11) is 1.71. The van der Waals surface area contributed by atoms with E-state index in [4.69, 9.17) is 4.74 Å². The van der Waals surface area contributed by atoms with Gasteiger partial charge in [0.25, 0.3) is 5.91 Å². The predicted molar refractivity (Wildman–Crippen MR) is 87.9 cm³/mol. The summed E-state index contributed by atoms with van der Waals surface area (Å²) in [6.07, 6.45) is 3.44. The first kappa shape index (κ1) is 16.5. The van der Waals surface area contributed by atoms with Gasteiger partial charge in [-0.05, 0) is 48.5 Å². The van der Waals surface area contributed by atoms with E-state index in [1.807, 2.05) is 18.2 Å². The SMILES string of the molecule is COCC1(CNC(=O)c2ccccc2-n2cnnn2)CCNCC1. The van der Waals surface area contributed by atoms with Gasteiger partial charge in [0.05, 0.1) is 17.9 Å². The first-order chi connectivity index (χ1) is 11.7. The van der Waals surface area contributed by atoms with E-state index in [1.165, 1.54) is 11.0 Å². The zero-order valence-corrected chi connectivity index (χ0v) is 13.7. The summed E-state index contributed by atoms with van der Waals surface area (Å²) in [6.45, 7) is 3.12. The summed E-state index contributed by atoms with van der Waals surface area (Å²) in [4.78, 5) is 12.7. The Morgan fingerprint density at radius 3 is 2.88 bits per heavy atom. The fraction of sp³-hybridized carbons (Fsp3) is 0.500. The number of nitrogens with zero attached hydrogens (tertiary/aromatic N) is 4. The van der Waals surface area contributed by atoms with Gasteiger partial charge >= 0.3 is 0 Å². The van der Waals surface area contributed by atoms with Crippen molar-refractivity contribution in [2.45, 2.75) is 12.8 Å². The maximum Gasteiger partial charge on any atom is 0.253 e. The number of para-hydroxylation sites is 1. The minimum absolute atomic E-state index is 0.0145. The van der Waals surface area contributed by atoms with Crippen LogP contribution in [-0.2, 0) is 4.74 Å². The molecule has 0 unspecified atom stereocenters. The van der Waals surface area contributed by atoms with E-state index in [-0.39, 0.29) is 11.3 Å². The normalized spacial score (nSPS) is 16.7. The summed E-state index contributed by atoms with van der Waals surface area (Å²) in [5.74, 6) is -0.130. The highest BCUT2D eigenvalue weighted by Gasteiger charge is 2.32. The number of ether oxygens (including phenoxy) is 1. The summed E-state index contributed by atoms with van der Waals surface area (Å²) in [5.41, 5.74) is 1.19. The molecule has 8 nitrogen and oxygen atoms in total. The third kappa shape index (κ3) is 3.60. The van der Waals surface area contributed by atoms with Gasteiger partial charge in [-0.1, -0.05) is 12.1 Å².